The monoisotopic (exact) mass is 428 g/mol. The third kappa shape index (κ3) is 6.40. The number of hydrogen-bond donors (Lipinski definition) is 5. The second-order valence-corrected chi connectivity index (χ2v) is 8.40. The molecule has 0 spiro atoms. The Morgan fingerprint density at radius 1 is 1.10 bits per heavy atom. The van der Waals surface area contributed by atoms with Gasteiger partial charge in [-0.05, 0) is 31.6 Å². The van der Waals surface area contributed by atoms with E-state index in [9.17, 15) is 29.4 Å². The highest BCUT2D eigenvalue weighted by molar-refractivity contribution is 5.94. The van der Waals surface area contributed by atoms with Gasteiger partial charge in [-0.25, -0.2) is 4.79 Å². The van der Waals surface area contributed by atoms with E-state index < -0.39 is 54.0 Å². The molecule has 172 valence electrons. The van der Waals surface area contributed by atoms with Crippen molar-refractivity contribution in [3.63, 3.8) is 0 Å². The number of amides is 3. The van der Waals surface area contributed by atoms with Crippen LogP contribution in [0, 0.1) is 11.8 Å². The first-order valence-corrected chi connectivity index (χ1v) is 10.5. The van der Waals surface area contributed by atoms with Crippen LogP contribution in [0.4, 0.5) is 0 Å². The van der Waals surface area contributed by atoms with Gasteiger partial charge in [-0.2, -0.15) is 0 Å². The number of nitrogens with one attached hydrogen (secondary N) is 2. The van der Waals surface area contributed by atoms with Gasteiger partial charge in [-0.1, -0.05) is 34.1 Å². The SMILES string of the molecule is CCC(C)C(NC(=O)C1CCCN1C(=O)C(N)C(C)O)C(=O)NC(C(=O)O)C(C)C. The van der Waals surface area contributed by atoms with Gasteiger partial charge in [-0.3, -0.25) is 14.4 Å². The van der Waals surface area contributed by atoms with E-state index in [-0.39, 0.29) is 11.8 Å². The molecule has 30 heavy (non-hydrogen) atoms. The van der Waals surface area contributed by atoms with E-state index in [4.69, 9.17) is 5.73 Å². The van der Waals surface area contributed by atoms with E-state index >= 15 is 0 Å². The molecule has 0 saturated carbocycles. The van der Waals surface area contributed by atoms with Crippen LogP contribution in [0.5, 0.6) is 0 Å². The Bertz CT molecular complexity index is 639. The number of aliphatic hydroxyl groups excluding tert-OH is 1. The van der Waals surface area contributed by atoms with Gasteiger partial charge in [0.25, 0.3) is 0 Å². The van der Waals surface area contributed by atoms with Gasteiger partial charge in [0.2, 0.25) is 17.7 Å². The third-order valence-electron chi connectivity index (χ3n) is 5.67. The maximum absolute atomic E-state index is 12.9. The van der Waals surface area contributed by atoms with Gasteiger partial charge in [0.05, 0.1) is 6.10 Å². The lowest BCUT2D eigenvalue weighted by Crippen LogP contribution is -2.59. The summed E-state index contributed by atoms with van der Waals surface area (Å²) in [4.78, 5) is 51.0. The topological polar surface area (TPSA) is 162 Å². The summed E-state index contributed by atoms with van der Waals surface area (Å²) >= 11 is 0. The van der Waals surface area contributed by atoms with Gasteiger partial charge in [0.15, 0.2) is 0 Å². The summed E-state index contributed by atoms with van der Waals surface area (Å²) in [5, 5.41) is 24.1. The number of carbonyl (C=O) groups excluding carboxylic acids is 3. The summed E-state index contributed by atoms with van der Waals surface area (Å²) in [6, 6.07) is -3.93. The van der Waals surface area contributed by atoms with E-state index in [1.165, 1.54) is 11.8 Å². The molecule has 1 fully saturated rings. The van der Waals surface area contributed by atoms with Crippen LogP contribution in [0.1, 0.15) is 53.9 Å². The standard InChI is InChI=1S/C20H36N4O6/c1-6-11(4)16(18(27)22-15(10(2)3)20(29)30)23-17(26)13-8-7-9-24(13)19(28)14(21)12(5)25/h10-16,25H,6-9,21H2,1-5H3,(H,22,27)(H,23,26)(H,29,30). The van der Waals surface area contributed by atoms with Crippen LogP contribution in [0.15, 0.2) is 0 Å². The van der Waals surface area contributed by atoms with Gasteiger partial charge in [0.1, 0.15) is 24.2 Å². The molecule has 0 aromatic heterocycles. The quantitative estimate of drug-likeness (QED) is 0.311. The first kappa shape index (κ1) is 25.8. The first-order valence-electron chi connectivity index (χ1n) is 10.5. The van der Waals surface area contributed by atoms with Crippen LogP contribution in [0.3, 0.4) is 0 Å². The fourth-order valence-electron chi connectivity index (χ4n) is 3.41. The third-order valence-corrected chi connectivity index (χ3v) is 5.67. The molecule has 0 bridgehead atoms. The highest BCUT2D eigenvalue weighted by Crippen LogP contribution is 2.20. The molecule has 10 nitrogen and oxygen atoms in total. The van der Waals surface area contributed by atoms with Gasteiger partial charge in [0, 0.05) is 6.54 Å². The normalized spacial score (nSPS) is 21.5. The molecule has 10 heteroatoms. The number of nitrogens with zero attached hydrogens (tertiary/aromatic N) is 1. The molecule has 0 aromatic carbocycles. The smallest absolute Gasteiger partial charge is 0.326 e. The molecule has 1 rings (SSSR count). The summed E-state index contributed by atoms with van der Waals surface area (Å²) in [5.41, 5.74) is 5.74. The Balaban J connectivity index is 2.96. The van der Waals surface area contributed by atoms with Crippen molar-refractivity contribution in [2.45, 2.75) is 84.2 Å². The molecule has 0 aromatic rings. The summed E-state index contributed by atoms with van der Waals surface area (Å²) in [6.45, 7) is 8.76. The van der Waals surface area contributed by atoms with Crippen molar-refractivity contribution in [1.29, 1.82) is 0 Å². The van der Waals surface area contributed by atoms with Crippen LogP contribution in [-0.2, 0) is 19.2 Å². The number of hydrogen-bond acceptors (Lipinski definition) is 6. The number of aliphatic carboxylic acids is 1. The molecule has 1 saturated heterocycles. The molecular weight excluding hydrogens is 392 g/mol. The minimum absolute atomic E-state index is 0.249. The molecule has 0 aliphatic carbocycles. The highest BCUT2D eigenvalue weighted by atomic mass is 16.4. The zero-order valence-electron chi connectivity index (χ0n) is 18.4. The van der Waals surface area contributed by atoms with Gasteiger partial charge >= 0.3 is 5.97 Å². The molecule has 1 aliphatic heterocycles. The summed E-state index contributed by atoms with van der Waals surface area (Å²) in [7, 11) is 0. The number of carboxylic acid groups (broad SMARTS) is 1. The molecular formula is C20H36N4O6. The van der Waals surface area contributed by atoms with E-state index in [1.54, 1.807) is 20.8 Å². The number of carboxylic acids is 1. The van der Waals surface area contributed by atoms with Crippen molar-refractivity contribution in [1.82, 2.24) is 15.5 Å². The summed E-state index contributed by atoms with van der Waals surface area (Å²) in [5.74, 6) is -3.30. The number of rotatable bonds is 10. The van der Waals surface area contributed by atoms with Crippen LogP contribution in [0.25, 0.3) is 0 Å². The zero-order valence-corrected chi connectivity index (χ0v) is 18.4. The first-order chi connectivity index (χ1) is 13.9. The lowest BCUT2D eigenvalue weighted by molar-refractivity contribution is -0.144. The maximum atomic E-state index is 12.9. The Labute approximate surface area is 177 Å². The summed E-state index contributed by atoms with van der Waals surface area (Å²) < 4.78 is 0. The minimum atomic E-state index is -1.15. The molecule has 6 unspecified atom stereocenters. The van der Waals surface area contributed by atoms with Crippen LogP contribution in [-0.4, -0.2) is 75.6 Å². The van der Waals surface area contributed by atoms with E-state index in [1.807, 2.05) is 6.92 Å². The molecule has 6 atom stereocenters. The fourth-order valence-corrected chi connectivity index (χ4v) is 3.41. The number of aliphatic hydroxyl groups is 1. The fraction of sp³-hybridized carbons (Fsp3) is 0.800. The predicted octanol–water partition coefficient (Wildman–Crippen LogP) is -0.558. The molecule has 6 N–H and O–H groups in total. The summed E-state index contributed by atoms with van der Waals surface area (Å²) in [6.07, 6.45) is 0.551. The van der Waals surface area contributed by atoms with Crippen LogP contribution >= 0.6 is 0 Å². The van der Waals surface area contributed by atoms with Crippen LogP contribution in [0.2, 0.25) is 0 Å². The largest absolute Gasteiger partial charge is 0.480 e. The Morgan fingerprint density at radius 2 is 1.70 bits per heavy atom. The molecule has 1 heterocycles. The van der Waals surface area contributed by atoms with Crippen molar-refractivity contribution in [2.24, 2.45) is 17.6 Å². The molecule has 0 radical (unpaired) electrons. The van der Waals surface area contributed by atoms with E-state index in [2.05, 4.69) is 10.6 Å². The lowest BCUT2D eigenvalue weighted by Gasteiger charge is -2.31. The van der Waals surface area contributed by atoms with Crippen molar-refractivity contribution in [2.75, 3.05) is 6.54 Å². The average molecular weight is 429 g/mol. The predicted molar refractivity (Wildman–Crippen MR) is 110 cm³/mol. The highest BCUT2D eigenvalue weighted by Gasteiger charge is 2.39. The van der Waals surface area contributed by atoms with Crippen molar-refractivity contribution in [3.8, 4) is 0 Å². The van der Waals surface area contributed by atoms with E-state index in [0.717, 1.165) is 0 Å². The zero-order chi connectivity index (χ0) is 23.2. The van der Waals surface area contributed by atoms with Crippen LogP contribution < -0.4 is 16.4 Å². The van der Waals surface area contributed by atoms with E-state index in [0.29, 0.717) is 25.8 Å². The number of carbonyl (C=O) groups is 4. The number of likely N-dealkylation sites (tertiary alicyclic amines) is 1. The van der Waals surface area contributed by atoms with Crippen molar-refractivity contribution < 1.29 is 29.4 Å². The number of nitrogens with two attached hydrogens (primary N) is 1. The second-order valence-electron chi connectivity index (χ2n) is 8.40. The van der Waals surface area contributed by atoms with Gasteiger partial charge < -0.3 is 31.5 Å². The van der Waals surface area contributed by atoms with Gasteiger partial charge in [-0.15, -0.1) is 0 Å². The Morgan fingerprint density at radius 3 is 2.17 bits per heavy atom. The Kier molecular flexibility index (Phi) is 9.70. The minimum Gasteiger partial charge on any atom is -0.480 e. The lowest BCUT2D eigenvalue weighted by atomic mass is 9.96. The average Bonchev–Trinajstić information content (AvgIpc) is 3.17. The Hall–Kier alpha value is -2.20. The van der Waals surface area contributed by atoms with Crippen molar-refractivity contribution in [3.05, 3.63) is 0 Å². The molecule has 1 aliphatic rings. The second kappa shape index (κ2) is 11.3. The van der Waals surface area contributed by atoms with Crippen molar-refractivity contribution >= 4 is 23.7 Å². The maximum Gasteiger partial charge on any atom is 0.326 e. The molecule has 3 amide bonds.